The highest BCUT2D eigenvalue weighted by Gasteiger charge is 2.10. The second kappa shape index (κ2) is 5.58. The molecular formula is C16H14N4O. The first kappa shape index (κ1) is 13.1. The van der Waals surface area contributed by atoms with Gasteiger partial charge >= 0.3 is 0 Å². The van der Waals surface area contributed by atoms with E-state index in [1.807, 2.05) is 55.5 Å². The number of aryl methyl sites for hydroxylation is 1. The van der Waals surface area contributed by atoms with Crippen molar-refractivity contribution in [2.75, 3.05) is 5.32 Å². The number of nitrogens with zero attached hydrogens (tertiary/aromatic N) is 2. The third kappa shape index (κ3) is 2.97. The van der Waals surface area contributed by atoms with E-state index in [1.54, 1.807) is 6.07 Å². The van der Waals surface area contributed by atoms with Gasteiger partial charge in [-0.3, -0.25) is 15.2 Å². The predicted molar refractivity (Wildman–Crippen MR) is 81.0 cm³/mol. The van der Waals surface area contributed by atoms with Gasteiger partial charge in [-0.25, -0.2) is 0 Å². The van der Waals surface area contributed by atoms with Crippen molar-refractivity contribution < 1.29 is 4.79 Å². The van der Waals surface area contributed by atoms with E-state index in [0.29, 0.717) is 11.4 Å². The standard InChI is InChI=1S/C16H14N4O/c1-11-6-5-9-13(10-11)15(21)18-16-17-14(19-20-16)12-7-3-2-4-8-12/h2-10H,1H3,(H2,17,18,19,20,21). The molecule has 0 spiro atoms. The lowest BCUT2D eigenvalue weighted by Crippen LogP contribution is -2.13. The number of carbonyl (C=O) groups excluding carboxylic acids is 1. The van der Waals surface area contributed by atoms with E-state index in [2.05, 4.69) is 20.5 Å². The topological polar surface area (TPSA) is 70.7 Å². The summed E-state index contributed by atoms with van der Waals surface area (Å²) in [6.45, 7) is 1.94. The molecule has 0 fully saturated rings. The van der Waals surface area contributed by atoms with Crippen LogP contribution in [0.1, 0.15) is 15.9 Å². The summed E-state index contributed by atoms with van der Waals surface area (Å²) in [5.74, 6) is 0.660. The molecule has 3 aromatic rings. The number of hydrogen-bond donors (Lipinski definition) is 2. The Morgan fingerprint density at radius 3 is 2.67 bits per heavy atom. The molecule has 0 bridgehead atoms. The first-order valence-electron chi connectivity index (χ1n) is 6.58. The smallest absolute Gasteiger partial charge is 0.258 e. The van der Waals surface area contributed by atoms with Crippen LogP contribution in [-0.4, -0.2) is 21.1 Å². The van der Waals surface area contributed by atoms with E-state index >= 15 is 0 Å². The maximum absolute atomic E-state index is 12.1. The highest BCUT2D eigenvalue weighted by atomic mass is 16.1. The van der Waals surface area contributed by atoms with Crippen LogP contribution in [0.3, 0.4) is 0 Å². The zero-order valence-electron chi connectivity index (χ0n) is 11.5. The van der Waals surface area contributed by atoms with Crippen LogP contribution in [0.25, 0.3) is 11.4 Å². The lowest BCUT2D eigenvalue weighted by molar-refractivity contribution is 0.102. The fourth-order valence-electron chi connectivity index (χ4n) is 2.00. The number of H-pyrrole nitrogens is 1. The van der Waals surface area contributed by atoms with Crippen molar-refractivity contribution in [3.05, 3.63) is 65.7 Å². The van der Waals surface area contributed by atoms with Crippen LogP contribution in [0.4, 0.5) is 5.95 Å². The summed E-state index contributed by atoms with van der Waals surface area (Å²) < 4.78 is 0. The molecule has 104 valence electrons. The molecule has 0 aliphatic carbocycles. The lowest BCUT2D eigenvalue weighted by Gasteiger charge is -2.01. The number of benzene rings is 2. The minimum atomic E-state index is -0.225. The van der Waals surface area contributed by atoms with Crippen LogP contribution in [0, 0.1) is 6.92 Å². The average Bonchev–Trinajstić information content (AvgIpc) is 2.97. The van der Waals surface area contributed by atoms with Crippen molar-refractivity contribution in [1.82, 2.24) is 15.2 Å². The summed E-state index contributed by atoms with van der Waals surface area (Å²) in [5.41, 5.74) is 2.53. The van der Waals surface area contributed by atoms with E-state index in [0.717, 1.165) is 11.1 Å². The van der Waals surface area contributed by atoms with Crippen molar-refractivity contribution in [2.45, 2.75) is 6.92 Å². The Kier molecular flexibility index (Phi) is 3.47. The van der Waals surface area contributed by atoms with Crippen molar-refractivity contribution in [1.29, 1.82) is 0 Å². The molecule has 0 aliphatic heterocycles. The van der Waals surface area contributed by atoms with Gasteiger partial charge < -0.3 is 0 Å². The van der Waals surface area contributed by atoms with Crippen LogP contribution >= 0.6 is 0 Å². The molecule has 0 unspecified atom stereocenters. The number of rotatable bonds is 3. The van der Waals surface area contributed by atoms with Crippen molar-refractivity contribution in [3.8, 4) is 11.4 Å². The Hall–Kier alpha value is -2.95. The molecule has 2 N–H and O–H groups in total. The zero-order chi connectivity index (χ0) is 14.7. The number of anilines is 1. The Bertz CT molecular complexity index is 765. The first-order valence-corrected chi connectivity index (χ1v) is 6.58. The lowest BCUT2D eigenvalue weighted by atomic mass is 10.1. The second-order valence-corrected chi connectivity index (χ2v) is 4.70. The van der Waals surface area contributed by atoms with Gasteiger partial charge in [0.25, 0.3) is 5.91 Å². The molecule has 1 amide bonds. The fourth-order valence-corrected chi connectivity index (χ4v) is 2.00. The summed E-state index contributed by atoms with van der Waals surface area (Å²) in [7, 11) is 0. The Morgan fingerprint density at radius 2 is 1.90 bits per heavy atom. The van der Waals surface area contributed by atoms with E-state index < -0.39 is 0 Å². The van der Waals surface area contributed by atoms with Gasteiger partial charge in [-0.05, 0) is 19.1 Å². The largest absolute Gasteiger partial charge is 0.289 e. The molecule has 5 nitrogen and oxygen atoms in total. The van der Waals surface area contributed by atoms with E-state index in [4.69, 9.17) is 0 Å². The van der Waals surface area contributed by atoms with Crippen molar-refractivity contribution >= 4 is 11.9 Å². The molecule has 0 atom stereocenters. The summed E-state index contributed by atoms with van der Waals surface area (Å²) in [6.07, 6.45) is 0. The highest BCUT2D eigenvalue weighted by molar-refractivity contribution is 6.03. The number of aromatic amines is 1. The number of hydrogen-bond acceptors (Lipinski definition) is 3. The minimum absolute atomic E-state index is 0.225. The molecule has 21 heavy (non-hydrogen) atoms. The van der Waals surface area contributed by atoms with E-state index in [1.165, 1.54) is 0 Å². The molecular weight excluding hydrogens is 264 g/mol. The van der Waals surface area contributed by atoms with Gasteiger partial charge in [-0.1, -0.05) is 48.0 Å². The Balaban J connectivity index is 1.77. The summed E-state index contributed by atoms with van der Waals surface area (Å²) in [6, 6.07) is 17.0. The van der Waals surface area contributed by atoms with Crippen molar-refractivity contribution in [2.24, 2.45) is 0 Å². The van der Waals surface area contributed by atoms with Gasteiger partial charge in [0.15, 0.2) is 5.82 Å². The van der Waals surface area contributed by atoms with Crippen LogP contribution in [0.5, 0.6) is 0 Å². The average molecular weight is 278 g/mol. The van der Waals surface area contributed by atoms with E-state index in [9.17, 15) is 4.79 Å². The molecule has 1 heterocycles. The van der Waals surface area contributed by atoms with Gasteiger partial charge in [0.05, 0.1) is 0 Å². The first-order chi connectivity index (χ1) is 10.2. The molecule has 1 aromatic heterocycles. The summed E-state index contributed by atoms with van der Waals surface area (Å²) in [5, 5.41) is 9.51. The quantitative estimate of drug-likeness (QED) is 0.773. The molecule has 2 aromatic carbocycles. The molecule has 0 radical (unpaired) electrons. The van der Waals surface area contributed by atoms with Gasteiger partial charge in [0.2, 0.25) is 5.95 Å². The SMILES string of the molecule is Cc1cccc(C(=O)Nc2n[nH]c(-c3ccccc3)n2)c1. The van der Waals surface area contributed by atoms with Crippen molar-refractivity contribution in [3.63, 3.8) is 0 Å². The fraction of sp³-hybridized carbons (Fsp3) is 0.0625. The summed E-state index contributed by atoms with van der Waals surface area (Å²) >= 11 is 0. The molecule has 5 heteroatoms. The molecule has 0 saturated heterocycles. The number of nitrogens with one attached hydrogen (secondary N) is 2. The minimum Gasteiger partial charge on any atom is -0.289 e. The normalized spacial score (nSPS) is 10.3. The maximum atomic E-state index is 12.1. The molecule has 3 rings (SSSR count). The number of carbonyl (C=O) groups is 1. The monoisotopic (exact) mass is 278 g/mol. The molecule has 0 saturated carbocycles. The van der Waals surface area contributed by atoms with Crippen LogP contribution in [0.2, 0.25) is 0 Å². The maximum Gasteiger partial charge on any atom is 0.258 e. The van der Waals surface area contributed by atoms with Crippen LogP contribution < -0.4 is 5.32 Å². The van der Waals surface area contributed by atoms with Gasteiger partial charge in [0, 0.05) is 11.1 Å². The van der Waals surface area contributed by atoms with Crippen LogP contribution in [0.15, 0.2) is 54.6 Å². The van der Waals surface area contributed by atoms with Gasteiger partial charge in [-0.15, -0.1) is 5.10 Å². The van der Waals surface area contributed by atoms with Gasteiger partial charge in [0.1, 0.15) is 0 Å². The third-order valence-electron chi connectivity index (χ3n) is 3.04. The third-order valence-corrected chi connectivity index (χ3v) is 3.04. The second-order valence-electron chi connectivity index (χ2n) is 4.70. The zero-order valence-corrected chi connectivity index (χ0v) is 11.5. The van der Waals surface area contributed by atoms with E-state index in [-0.39, 0.29) is 11.9 Å². The van der Waals surface area contributed by atoms with Crippen LogP contribution in [-0.2, 0) is 0 Å². The number of aromatic nitrogens is 3. The molecule has 0 aliphatic rings. The summed E-state index contributed by atoms with van der Waals surface area (Å²) in [4.78, 5) is 16.4. The predicted octanol–water partition coefficient (Wildman–Crippen LogP) is 3.03. The number of amides is 1. The Morgan fingerprint density at radius 1 is 1.10 bits per heavy atom. The highest BCUT2D eigenvalue weighted by Crippen LogP contribution is 2.15. The Labute approximate surface area is 122 Å². The van der Waals surface area contributed by atoms with Gasteiger partial charge in [-0.2, -0.15) is 4.98 Å².